The summed E-state index contributed by atoms with van der Waals surface area (Å²) in [4.78, 5) is 23.9. The maximum atomic E-state index is 12.1. The van der Waals surface area contributed by atoms with Crippen LogP contribution in [0.25, 0.3) is 0 Å². The highest BCUT2D eigenvalue weighted by molar-refractivity contribution is 6.03. The van der Waals surface area contributed by atoms with Gasteiger partial charge in [-0.25, -0.2) is 0 Å². The summed E-state index contributed by atoms with van der Waals surface area (Å²) in [5.74, 6) is -0.0997. The molecule has 0 atom stereocenters. The molecule has 0 aliphatic carbocycles. The zero-order valence-corrected chi connectivity index (χ0v) is 12.5. The molecule has 4 nitrogen and oxygen atoms in total. The highest BCUT2D eigenvalue weighted by atomic mass is 16.5. The smallest absolute Gasteiger partial charge is 0.148 e. The Morgan fingerprint density at radius 2 is 1.50 bits per heavy atom. The second-order valence-electron chi connectivity index (χ2n) is 6.20. The van der Waals surface area contributed by atoms with Gasteiger partial charge < -0.3 is 9.47 Å². The quantitative estimate of drug-likeness (QED) is 0.495. The van der Waals surface area contributed by atoms with E-state index in [9.17, 15) is 9.59 Å². The summed E-state index contributed by atoms with van der Waals surface area (Å²) in [6, 6.07) is 0. The van der Waals surface area contributed by atoms with Gasteiger partial charge in [-0.15, -0.1) is 0 Å². The Bertz CT molecular complexity index is 287. The van der Waals surface area contributed by atoms with Crippen LogP contribution in [0.4, 0.5) is 0 Å². The summed E-state index contributed by atoms with van der Waals surface area (Å²) < 4.78 is 10.2. The van der Waals surface area contributed by atoms with E-state index in [2.05, 4.69) is 0 Å². The molecule has 0 radical (unpaired) electrons. The van der Waals surface area contributed by atoms with Crippen molar-refractivity contribution in [1.82, 2.24) is 0 Å². The Labute approximate surface area is 110 Å². The van der Waals surface area contributed by atoms with Gasteiger partial charge in [0.1, 0.15) is 11.6 Å². The normalized spacial score (nSPS) is 12.6. The van der Waals surface area contributed by atoms with Crippen LogP contribution in [-0.2, 0) is 19.1 Å². The van der Waals surface area contributed by atoms with E-state index < -0.39 is 10.8 Å². The van der Waals surface area contributed by atoms with Crippen molar-refractivity contribution in [2.75, 3.05) is 26.9 Å². The van der Waals surface area contributed by atoms with E-state index in [-0.39, 0.29) is 18.0 Å². The van der Waals surface area contributed by atoms with Gasteiger partial charge in [-0.3, -0.25) is 9.59 Å². The van der Waals surface area contributed by atoms with Gasteiger partial charge in [-0.2, -0.15) is 0 Å². The first kappa shape index (κ1) is 17.3. The average Bonchev–Trinajstić information content (AvgIpc) is 2.23. The average molecular weight is 258 g/mol. The van der Waals surface area contributed by atoms with Crippen LogP contribution in [0.5, 0.6) is 0 Å². The molecule has 0 amide bonds. The van der Waals surface area contributed by atoms with E-state index >= 15 is 0 Å². The Morgan fingerprint density at radius 1 is 0.944 bits per heavy atom. The monoisotopic (exact) mass is 258 g/mol. The summed E-state index contributed by atoms with van der Waals surface area (Å²) >= 11 is 0. The third-order valence-corrected chi connectivity index (χ3v) is 2.81. The van der Waals surface area contributed by atoms with E-state index in [0.717, 1.165) is 0 Å². The molecule has 0 N–H and O–H groups in total. The summed E-state index contributed by atoms with van der Waals surface area (Å²) in [7, 11) is 1.60. The molecule has 0 spiro atoms. The van der Waals surface area contributed by atoms with E-state index in [1.54, 1.807) is 21.0 Å². The largest absolute Gasteiger partial charge is 0.382 e. The number of ketones is 2. The highest BCUT2D eigenvalue weighted by Gasteiger charge is 2.32. The van der Waals surface area contributed by atoms with E-state index in [1.807, 2.05) is 20.8 Å². The minimum absolute atomic E-state index is 0.0237. The molecule has 4 heteroatoms. The number of hydrogen-bond acceptors (Lipinski definition) is 4. The first-order chi connectivity index (χ1) is 8.11. The minimum atomic E-state index is -0.630. The van der Waals surface area contributed by atoms with Crippen molar-refractivity contribution in [3.05, 3.63) is 0 Å². The summed E-state index contributed by atoms with van der Waals surface area (Å²) in [5.41, 5.74) is -1.10. The van der Waals surface area contributed by atoms with Crippen molar-refractivity contribution >= 4 is 11.6 Å². The van der Waals surface area contributed by atoms with Crippen molar-refractivity contribution in [1.29, 1.82) is 0 Å². The van der Waals surface area contributed by atoms with Gasteiger partial charge in [-0.05, 0) is 0 Å². The molecule has 0 aromatic heterocycles. The first-order valence-corrected chi connectivity index (χ1v) is 6.24. The van der Waals surface area contributed by atoms with Crippen LogP contribution in [0, 0.1) is 10.8 Å². The van der Waals surface area contributed by atoms with Crippen LogP contribution >= 0.6 is 0 Å². The molecule has 0 heterocycles. The van der Waals surface area contributed by atoms with E-state index in [0.29, 0.717) is 19.8 Å². The highest BCUT2D eigenvalue weighted by Crippen LogP contribution is 2.23. The first-order valence-electron chi connectivity index (χ1n) is 6.24. The van der Waals surface area contributed by atoms with Gasteiger partial charge >= 0.3 is 0 Å². The Hall–Kier alpha value is -0.740. The topological polar surface area (TPSA) is 52.6 Å². The number of hydrogen-bond donors (Lipinski definition) is 0. The lowest BCUT2D eigenvalue weighted by Crippen LogP contribution is -2.34. The predicted octanol–water partition coefficient (Wildman–Crippen LogP) is 2.25. The molecule has 0 saturated heterocycles. The second-order valence-corrected chi connectivity index (χ2v) is 6.20. The van der Waals surface area contributed by atoms with Gasteiger partial charge in [0.05, 0.1) is 26.2 Å². The lowest BCUT2D eigenvalue weighted by Gasteiger charge is -2.24. The molecule has 18 heavy (non-hydrogen) atoms. The minimum Gasteiger partial charge on any atom is -0.382 e. The lowest BCUT2D eigenvalue weighted by molar-refractivity contribution is -0.137. The number of carbonyl (C=O) groups excluding carboxylic acids is 2. The third-order valence-electron chi connectivity index (χ3n) is 2.81. The second kappa shape index (κ2) is 7.00. The van der Waals surface area contributed by atoms with E-state index in [1.165, 1.54) is 0 Å². The molecule has 0 aliphatic rings. The van der Waals surface area contributed by atoms with Crippen LogP contribution in [0.2, 0.25) is 0 Å². The predicted molar refractivity (Wildman–Crippen MR) is 70.6 cm³/mol. The fourth-order valence-electron chi connectivity index (χ4n) is 1.20. The molecule has 0 aliphatic heterocycles. The standard InChI is InChI=1S/C14H26O4/c1-13(2,3)11(15)9-12(16)14(4,5)10-18-8-7-17-6/h7-10H2,1-6H3. The molecule has 0 fully saturated rings. The molecule has 106 valence electrons. The molecule has 0 rings (SSSR count). The Balaban J connectivity index is 4.26. The number of carbonyl (C=O) groups is 2. The van der Waals surface area contributed by atoms with Crippen LogP contribution in [0.3, 0.4) is 0 Å². The van der Waals surface area contributed by atoms with Crippen molar-refractivity contribution in [3.8, 4) is 0 Å². The van der Waals surface area contributed by atoms with Crippen LogP contribution in [-0.4, -0.2) is 38.5 Å². The van der Waals surface area contributed by atoms with Crippen LogP contribution < -0.4 is 0 Å². The summed E-state index contributed by atoms with van der Waals surface area (Å²) in [6.07, 6.45) is -0.0237. The van der Waals surface area contributed by atoms with Crippen molar-refractivity contribution in [2.45, 2.75) is 41.0 Å². The molecule has 0 saturated carbocycles. The van der Waals surface area contributed by atoms with E-state index in [4.69, 9.17) is 9.47 Å². The van der Waals surface area contributed by atoms with Crippen molar-refractivity contribution in [3.63, 3.8) is 0 Å². The summed E-state index contributed by atoms with van der Waals surface area (Å²) in [5, 5.41) is 0. The SMILES string of the molecule is COCCOCC(C)(C)C(=O)CC(=O)C(C)(C)C. The zero-order chi connectivity index (χ0) is 14.4. The van der Waals surface area contributed by atoms with Crippen LogP contribution in [0.15, 0.2) is 0 Å². The maximum absolute atomic E-state index is 12.1. The number of ether oxygens (including phenoxy) is 2. The van der Waals surface area contributed by atoms with Gasteiger partial charge in [-0.1, -0.05) is 34.6 Å². The fourth-order valence-corrected chi connectivity index (χ4v) is 1.20. The van der Waals surface area contributed by atoms with Crippen LogP contribution in [0.1, 0.15) is 41.0 Å². The van der Waals surface area contributed by atoms with Crippen molar-refractivity contribution < 1.29 is 19.1 Å². The molecule has 0 aromatic carbocycles. The van der Waals surface area contributed by atoms with Gasteiger partial charge in [0, 0.05) is 17.9 Å². The molecular formula is C14H26O4. The molecule has 0 aromatic rings. The maximum Gasteiger partial charge on any atom is 0.148 e. The van der Waals surface area contributed by atoms with Gasteiger partial charge in [0.15, 0.2) is 0 Å². The third kappa shape index (κ3) is 6.26. The molecule has 0 bridgehead atoms. The Kier molecular flexibility index (Phi) is 6.71. The molecule has 0 unspecified atom stereocenters. The van der Waals surface area contributed by atoms with Crippen molar-refractivity contribution in [2.24, 2.45) is 10.8 Å². The fraction of sp³-hybridized carbons (Fsp3) is 0.857. The number of rotatable bonds is 8. The number of Topliss-reactive ketones (excluding diaryl/α,β-unsaturated/α-hetero) is 2. The zero-order valence-electron chi connectivity index (χ0n) is 12.5. The Morgan fingerprint density at radius 3 is 1.94 bits per heavy atom. The number of methoxy groups -OCH3 is 1. The lowest BCUT2D eigenvalue weighted by atomic mass is 9.81. The van der Waals surface area contributed by atoms with Gasteiger partial charge in [0.25, 0.3) is 0 Å². The summed E-state index contributed by atoms with van der Waals surface area (Å²) in [6.45, 7) is 10.4. The molecular weight excluding hydrogens is 232 g/mol. The van der Waals surface area contributed by atoms with Gasteiger partial charge in [0.2, 0.25) is 0 Å².